The number of amides is 1. The summed E-state index contributed by atoms with van der Waals surface area (Å²) in [7, 11) is 1.61. The van der Waals surface area contributed by atoms with Crippen molar-refractivity contribution in [3.63, 3.8) is 0 Å². The average Bonchev–Trinajstić information content (AvgIpc) is 3.16. The minimum absolute atomic E-state index is 0.179. The normalized spacial score (nSPS) is 10.7. The molecular weight excluding hydrogens is 370 g/mol. The molecule has 0 saturated heterocycles. The molecule has 0 aliphatic rings. The fourth-order valence-electron chi connectivity index (χ4n) is 2.87. The van der Waals surface area contributed by atoms with Crippen LogP contribution in [-0.4, -0.2) is 33.2 Å². The molecule has 4 aromatic rings. The van der Waals surface area contributed by atoms with E-state index in [4.69, 9.17) is 10.5 Å². The largest absolute Gasteiger partial charge is 0.497 e. The zero-order chi connectivity index (χ0) is 20.2. The van der Waals surface area contributed by atoms with E-state index in [1.807, 2.05) is 42.5 Å². The van der Waals surface area contributed by atoms with Crippen LogP contribution in [0.1, 0.15) is 16.1 Å². The summed E-state index contributed by atoms with van der Waals surface area (Å²) in [6.07, 6.45) is 1.57. The van der Waals surface area contributed by atoms with Crippen LogP contribution in [-0.2, 0) is 6.54 Å². The van der Waals surface area contributed by atoms with Crippen LogP contribution in [0.4, 0.5) is 17.5 Å². The van der Waals surface area contributed by atoms with E-state index in [9.17, 15) is 4.79 Å². The smallest absolute Gasteiger partial charge is 0.272 e. The molecule has 0 saturated carbocycles. The zero-order valence-corrected chi connectivity index (χ0v) is 15.6. The predicted octanol–water partition coefficient (Wildman–Crippen LogP) is 2.62. The third-order valence-electron chi connectivity index (χ3n) is 4.34. The van der Waals surface area contributed by atoms with Gasteiger partial charge in [-0.05, 0) is 42.0 Å². The van der Waals surface area contributed by atoms with Gasteiger partial charge in [0.25, 0.3) is 5.91 Å². The Kier molecular flexibility index (Phi) is 4.93. The first kappa shape index (κ1) is 18.2. The number of nitrogens with zero attached hydrogens (tertiary/aromatic N) is 3. The van der Waals surface area contributed by atoms with Crippen LogP contribution in [0.25, 0.3) is 10.9 Å². The summed E-state index contributed by atoms with van der Waals surface area (Å²) in [5.74, 6) is 1.24. The number of H-pyrrole nitrogens is 1. The highest BCUT2D eigenvalue weighted by Gasteiger charge is 2.14. The van der Waals surface area contributed by atoms with Crippen LogP contribution in [0.3, 0.4) is 0 Å². The highest BCUT2D eigenvalue weighted by Crippen LogP contribution is 2.23. The van der Waals surface area contributed by atoms with Crippen LogP contribution in [0.5, 0.6) is 5.75 Å². The Morgan fingerprint density at radius 1 is 1.17 bits per heavy atom. The Hall–Kier alpha value is -4.14. The summed E-state index contributed by atoms with van der Waals surface area (Å²) < 4.78 is 5.14. The SMILES string of the molecule is COc1ccc(CNC(=O)c2n[nH]c3ccc(Nc4ccnc(N)n4)cc23)cc1. The second-order valence-corrected chi connectivity index (χ2v) is 6.29. The standard InChI is InChI=1S/C20H19N7O2/c1-29-14-5-2-12(3-6-14)11-23-19(28)18-15-10-13(4-7-16(15)26-27-18)24-17-8-9-22-20(21)25-17/h2-10H,11H2,1H3,(H,23,28)(H,26,27)(H3,21,22,24,25). The second kappa shape index (κ2) is 7.85. The predicted molar refractivity (Wildman–Crippen MR) is 110 cm³/mol. The molecule has 0 fully saturated rings. The molecule has 9 nitrogen and oxygen atoms in total. The van der Waals surface area contributed by atoms with Crippen LogP contribution in [0.2, 0.25) is 0 Å². The van der Waals surface area contributed by atoms with Crippen molar-refractivity contribution < 1.29 is 9.53 Å². The van der Waals surface area contributed by atoms with Gasteiger partial charge >= 0.3 is 0 Å². The lowest BCUT2D eigenvalue weighted by Gasteiger charge is -2.07. The minimum atomic E-state index is -0.268. The molecule has 0 unspecified atom stereocenters. The number of carbonyl (C=O) groups excluding carboxylic acids is 1. The Morgan fingerprint density at radius 3 is 2.76 bits per heavy atom. The van der Waals surface area contributed by atoms with Gasteiger partial charge in [-0.1, -0.05) is 12.1 Å². The van der Waals surface area contributed by atoms with Crippen LogP contribution in [0, 0.1) is 0 Å². The van der Waals surface area contributed by atoms with E-state index >= 15 is 0 Å². The summed E-state index contributed by atoms with van der Waals surface area (Å²) in [6.45, 7) is 0.384. The first-order chi connectivity index (χ1) is 14.1. The molecule has 0 radical (unpaired) electrons. The lowest BCUT2D eigenvalue weighted by atomic mass is 10.1. The number of anilines is 3. The van der Waals surface area contributed by atoms with E-state index in [1.54, 1.807) is 19.4 Å². The van der Waals surface area contributed by atoms with E-state index in [2.05, 4.69) is 30.8 Å². The molecule has 2 aromatic heterocycles. The highest BCUT2D eigenvalue weighted by molar-refractivity contribution is 6.05. The number of carbonyl (C=O) groups is 1. The van der Waals surface area contributed by atoms with Gasteiger partial charge in [0, 0.05) is 23.8 Å². The minimum Gasteiger partial charge on any atom is -0.497 e. The number of nitrogens with two attached hydrogens (primary N) is 1. The maximum atomic E-state index is 12.7. The fourth-order valence-corrected chi connectivity index (χ4v) is 2.87. The second-order valence-electron chi connectivity index (χ2n) is 6.29. The Balaban J connectivity index is 1.51. The van der Waals surface area contributed by atoms with E-state index < -0.39 is 0 Å². The third-order valence-corrected chi connectivity index (χ3v) is 4.34. The van der Waals surface area contributed by atoms with E-state index in [1.165, 1.54) is 0 Å². The van der Waals surface area contributed by atoms with Crippen molar-refractivity contribution in [3.8, 4) is 5.75 Å². The van der Waals surface area contributed by atoms with Crippen LogP contribution >= 0.6 is 0 Å². The topological polar surface area (TPSA) is 131 Å². The molecule has 2 aromatic carbocycles. The van der Waals surface area contributed by atoms with Crippen molar-refractivity contribution in [2.45, 2.75) is 6.54 Å². The van der Waals surface area contributed by atoms with Gasteiger partial charge in [0.1, 0.15) is 11.6 Å². The number of nitrogens with one attached hydrogen (secondary N) is 3. The van der Waals surface area contributed by atoms with Gasteiger partial charge in [-0.15, -0.1) is 0 Å². The number of ether oxygens (including phenoxy) is 1. The molecule has 0 aliphatic heterocycles. The van der Waals surface area contributed by atoms with E-state index in [0.717, 1.165) is 22.5 Å². The molecule has 0 bridgehead atoms. The molecular formula is C20H19N7O2. The van der Waals surface area contributed by atoms with Crippen molar-refractivity contribution in [3.05, 3.63) is 66.0 Å². The number of benzene rings is 2. The molecule has 5 N–H and O–H groups in total. The quantitative estimate of drug-likeness (QED) is 0.399. The highest BCUT2D eigenvalue weighted by atomic mass is 16.5. The number of hydrogen-bond acceptors (Lipinski definition) is 7. The van der Waals surface area contributed by atoms with E-state index in [0.29, 0.717) is 23.4 Å². The number of fused-ring (bicyclic) bond motifs is 1. The van der Waals surface area contributed by atoms with Gasteiger partial charge in [0.15, 0.2) is 5.69 Å². The van der Waals surface area contributed by atoms with Gasteiger partial charge in [0.2, 0.25) is 5.95 Å². The maximum Gasteiger partial charge on any atom is 0.272 e. The molecule has 1 amide bonds. The summed E-state index contributed by atoms with van der Waals surface area (Å²) in [5.41, 5.74) is 8.40. The number of rotatable bonds is 6. The van der Waals surface area contributed by atoms with Crippen molar-refractivity contribution in [2.24, 2.45) is 0 Å². The monoisotopic (exact) mass is 389 g/mol. The van der Waals surface area contributed by atoms with Gasteiger partial charge in [-0.25, -0.2) is 4.98 Å². The number of nitrogen functional groups attached to an aromatic ring is 1. The third kappa shape index (κ3) is 4.08. The lowest BCUT2D eigenvalue weighted by Crippen LogP contribution is -2.23. The van der Waals surface area contributed by atoms with Crippen LogP contribution in [0.15, 0.2) is 54.7 Å². The maximum absolute atomic E-state index is 12.7. The van der Waals surface area contributed by atoms with Crippen molar-refractivity contribution >= 4 is 34.3 Å². The molecule has 146 valence electrons. The number of methoxy groups -OCH3 is 1. The van der Waals surface area contributed by atoms with Gasteiger partial charge in [0.05, 0.1) is 12.6 Å². The van der Waals surface area contributed by atoms with Gasteiger partial charge in [-0.3, -0.25) is 9.89 Å². The molecule has 9 heteroatoms. The van der Waals surface area contributed by atoms with Gasteiger partial charge < -0.3 is 21.1 Å². The number of hydrogen-bond donors (Lipinski definition) is 4. The molecule has 0 aliphatic carbocycles. The molecule has 0 spiro atoms. The Morgan fingerprint density at radius 2 is 2.00 bits per heavy atom. The number of aromatic amines is 1. The Labute approximate surface area is 166 Å². The summed E-state index contributed by atoms with van der Waals surface area (Å²) in [4.78, 5) is 20.6. The molecule has 4 rings (SSSR count). The molecule has 0 atom stereocenters. The lowest BCUT2D eigenvalue weighted by molar-refractivity contribution is 0.0947. The van der Waals surface area contributed by atoms with Crippen molar-refractivity contribution in [1.29, 1.82) is 0 Å². The van der Waals surface area contributed by atoms with Crippen molar-refractivity contribution in [1.82, 2.24) is 25.5 Å². The molecule has 2 heterocycles. The first-order valence-electron chi connectivity index (χ1n) is 8.87. The zero-order valence-electron chi connectivity index (χ0n) is 15.6. The summed E-state index contributed by atoms with van der Waals surface area (Å²) in [5, 5.41) is 13.8. The fraction of sp³-hybridized carbons (Fsp3) is 0.100. The first-order valence-corrected chi connectivity index (χ1v) is 8.87. The molecule has 29 heavy (non-hydrogen) atoms. The number of aromatic nitrogens is 4. The van der Waals surface area contributed by atoms with Crippen molar-refractivity contribution in [2.75, 3.05) is 18.2 Å². The average molecular weight is 389 g/mol. The van der Waals surface area contributed by atoms with E-state index in [-0.39, 0.29) is 11.9 Å². The van der Waals surface area contributed by atoms with Gasteiger partial charge in [-0.2, -0.15) is 10.1 Å². The van der Waals surface area contributed by atoms with Crippen LogP contribution < -0.4 is 21.1 Å². The summed E-state index contributed by atoms with van der Waals surface area (Å²) in [6, 6.07) is 14.7. The summed E-state index contributed by atoms with van der Waals surface area (Å²) >= 11 is 0. The Bertz CT molecular complexity index is 1160.